The summed E-state index contributed by atoms with van der Waals surface area (Å²) in [6.45, 7) is 0. The van der Waals surface area contributed by atoms with E-state index >= 15 is 0 Å². The maximum Gasteiger partial charge on any atom is 1.00 e. The fourth-order valence-electron chi connectivity index (χ4n) is 2.47. The van der Waals surface area contributed by atoms with Crippen molar-refractivity contribution in [2.45, 2.75) is 10.6 Å². The van der Waals surface area contributed by atoms with E-state index < -0.39 is 21.9 Å². The third-order valence-electron chi connectivity index (χ3n) is 3.67. The van der Waals surface area contributed by atoms with Gasteiger partial charge in [0.05, 0.1) is 0 Å². The zero-order valence-electron chi connectivity index (χ0n) is 15.4. The molecule has 0 aliphatic rings. The van der Waals surface area contributed by atoms with Gasteiger partial charge in [-0.25, -0.2) is 8.42 Å². The van der Waals surface area contributed by atoms with Gasteiger partial charge in [0.15, 0.2) is 0 Å². The number of rotatable bonds is 7. The summed E-state index contributed by atoms with van der Waals surface area (Å²) >= 11 is 1.09. The molecule has 0 spiro atoms. The molecule has 1 amide bonds. The molecule has 0 unspecified atom stereocenters. The number of aliphatic carboxylic acids is 1. The Morgan fingerprint density at radius 2 is 1.69 bits per heavy atom. The maximum atomic E-state index is 12.5. The number of carbonyl (C=O) groups is 2. The van der Waals surface area contributed by atoms with Crippen LogP contribution in [0.3, 0.4) is 0 Å². The number of thiophene rings is 1. The Morgan fingerprint density at radius 3 is 2.38 bits per heavy atom. The summed E-state index contributed by atoms with van der Waals surface area (Å²) in [6, 6.07) is 15.6. The Kier molecular flexibility index (Phi) is 8.00. The van der Waals surface area contributed by atoms with Gasteiger partial charge in [-0.05, 0) is 47.3 Å². The number of hydrogen-bond acceptors (Lipinski definition) is 6. The van der Waals surface area contributed by atoms with Gasteiger partial charge in [-0.1, -0.05) is 24.3 Å². The van der Waals surface area contributed by atoms with E-state index in [1.807, 2.05) is 0 Å². The summed E-state index contributed by atoms with van der Waals surface area (Å²) < 4.78 is 27.2. The van der Waals surface area contributed by atoms with Crippen molar-refractivity contribution in [2.75, 3.05) is 10.0 Å². The molecule has 0 fully saturated rings. The van der Waals surface area contributed by atoms with Gasteiger partial charge in [-0.2, -0.15) is 0 Å². The van der Waals surface area contributed by atoms with E-state index in [2.05, 4.69) is 10.0 Å². The summed E-state index contributed by atoms with van der Waals surface area (Å²) in [7, 11) is -3.71. The molecule has 3 rings (SSSR count). The van der Waals surface area contributed by atoms with Gasteiger partial charge in [0.25, 0.3) is 15.9 Å². The van der Waals surface area contributed by atoms with Crippen molar-refractivity contribution in [1.82, 2.24) is 0 Å². The van der Waals surface area contributed by atoms with Crippen molar-refractivity contribution in [2.24, 2.45) is 0 Å². The smallest absolute Gasteiger partial charge is 0.550 e. The molecule has 0 atom stereocenters. The minimum absolute atomic E-state index is 0. The Balaban J connectivity index is 0.00000300. The summed E-state index contributed by atoms with van der Waals surface area (Å²) in [5, 5.41) is 15.0. The van der Waals surface area contributed by atoms with Crippen molar-refractivity contribution in [3.05, 3.63) is 77.2 Å². The summed E-state index contributed by atoms with van der Waals surface area (Å²) in [6.07, 6.45) is -0.260. The number of hydrogen-bond donors (Lipinski definition) is 2. The third kappa shape index (κ3) is 6.41. The molecule has 0 aliphatic carbocycles. The molecule has 0 bridgehead atoms. The third-order valence-corrected chi connectivity index (χ3v) is 6.45. The van der Waals surface area contributed by atoms with E-state index in [-0.39, 0.29) is 51.4 Å². The Bertz CT molecular complexity index is 1120. The SMILES string of the molecule is O=C([O-])Cc1cccc(NC(=O)c2cccc(NS(=O)(=O)c3cccs3)c2)c1.[Na+]. The van der Waals surface area contributed by atoms with Gasteiger partial charge in [-0.15, -0.1) is 11.3 Å². The molecule has 0 saturated heterocycles. The van der Waals surface area contributed by atoms with Crippen molar-refractivity contribution >= 4 is 44.6 Å². The minimum atomic E-state index is -3.71. The van der Waals surface area contributed by atoms with Crippen molar-refractivity contribution in [3.63, 3.8) is 0 Å². The number of carbonyl (C=O) groups excluding carboxylic acids is 2. The number of carboxylic acids is 1. The minimum Gasteiger partial charge on any atom is -0.550 e. The van der Waals surface area contributed by atoms with E-state index in [0.29, 0.717) is 11.3 Å². The van der Waals surface area contributed by atoms with Gasteiger partial charge in [0.1, 0.15) is 4.21 Å². The summed E-state index contributed by atoms with van der Waals surface area (Å²) in [5.41, 5.74) is 1.42. The first-order valence-electron chi connectivity index (χ1n) is 8.10. The maximum absolute atomic E-state index is 12.5. The number of sulfonamides is 1. The van der Waals surface area contributed by atoms with E-state index in [1.165, 1.54) is 18.2 Å². The molecule has 1 heterocycles. The molecule has 0 saturated carbocycles. The molecule has 2 aromatic carbocycles. The Labute approximate surface area is 194 Å². The first kappa shape index (κ1) is 23.1. The predicted octanol–water partition coefficient (Wildman–Crippen LogP) is -0.902. The van der Waals surface area contributed by atoms with Crippen LogP contribution in [0.15, 0.2) is 70.3 Å². The Hall–Kier alpha value is -2.17. The standard InChI is InChI=1S/C19H16N2O5S2.Na/c22-17(23)11-13-4-1-6-15(10-13)20-19(24)14-5-2-7-16(12-14)21-28(25,26)18-8-3-9-27-18;/h1-10,12,21H,11H2,(H,20,24)(H,22,23);/q;+1/p-1. The van der Waals surface area contributed by atoms with Crippen LogP contribution in [0, 0.1) is 0 Å². The topological polar surface area (TPSA) is 115 Å². The van der Waals surface area contributed by atoms with E-state index in [4.69, 9.17) is 0 Å². The molecule has 1 aromatic heterocycles. The number of benzene rings is 2. The molecule has 0 radical (unpaired) electrons. The number of carboxylic acid groups (broad SMARTS) is 1. The van der Waals surface area contributed by atoms with Crippen LogP contribution in [0.25, 0.3) is 0 Å². The zero-order valence-corrected chi connectivity index (χ0v) is 19.0. The second-order valence-electron chi connectivity index (χ2n) is 5.82. The Morgan fingerprint density at radius 1 is 0.966 bits per heavy atom. The number of amides is 1. The molecule has 0 aliphatic heterocycles. The van der Waals surface area contributed by atoms with Crippen LogP contribution in [0.2, 0.25) is 0 Å². The normalized spacial score (nSPS) is 10.6. The number of nitrogens with one attached hydrogen (secondary N) is 2. The quantitative estimate of drug-likeness (QED) is 0.464. The van der Waals surface area contributed by atoms with Crippen LogP contribution >= 0.6 is 11.3 Å². The van der Waals surface area contributed by atoms with Crippen LogP contribution in [0.1, 0.15) is 15.9 Å². The predicted molar refractivity (Wildman–Crippen MR) is 105 cm³/mol. The van der Waals surface area contributed by atoms with Gasteiger partial charge in [-0.3, -0.25) is 9.52 Å². The first-order valence-corrected chi connectivity index (χ1v) is 10.5. The van der Waals surface area contributed by atoms with Gasteiger partial charge < -0.3 is 15.2 Å². The van der Waals surface area contributed by atoms with Gasteiger partial charge in [0, 0.05) is 29.3 Å². The molecule has 144 valence electrons. The molecule has 29 heavy (non-hydrogen) atoms. The van der Waals surface area contributed by atoms with Crippen LogP contribution in [-0.4, -0.2) is 20.3 Å². The van der Waals surface area contributed by atoms with Crippen LogP contribution in [-0.2, 0) is 21.2 Å². The van der Waals surface area contributed by atoms with E-state index in [0.717, 1.165) is 11.3 Å². The van der Waals surface area contributed by atoms with Crippen molar-refractivity contribution in [3.8, 4) is 0 Å². The average molecular weight is 438 g/mol. The average Bonchev–Trinajstić information content (AvgIpc) is 3.17. The van der Waals surface area contributed by atoms with Crippen LogP contribution < -0.4 is 44.7 Å². The van der Waals surface area contributed by atoms with Gasteiger partial charge >= 0.3 is 29.6 Å². The first-order chi connectivity index (χ1) is 13.3. The van der Waals surface area contributed by atoms with Crippen LogP contribution in [0.4, 0.5) is 11.4 Å². The summed E-state index contributed by atoms with van der Waals surface area (Å²) in [4.78, 5) is 23.2. The summed E-state index contributed by atoms with van der Waals surface area (Å²) in [5.74, 6) is -1.67. The van der Waals surface area contributed by atoms with Crippen molar-refractivity contribution < 1.29 is 52.7 Å². The largest absolute Gasteiger partial charge is 1.00 e. The fourth-order valence-corrected chi connectivity index (χ4v) is 4.52. The molecule has 3 aromatic rings. The number of anilines is 2. The molecule has 10 heteroatoms. The molecular formula is C19H15N2NaO5S2. The zero-order chi connectivity index (χ0) is 20.1. The fraction of sp³-hybridized carbons (Fsp3) is 0.0526. The van der Waals surface area contributed by atoms with E-state index in [1.54, 1.807) is 47.8 Å². The monoisotopic (exact) mass is 438 g/mol. The van der Waals surface area contributed by atoms with E-state index in [9.17, 15) is 23.1 Å². The molecular weight excluding hydrogens is 423 g/mol. The van der Waals surface area contributed by atoms with Crippen molar-refractivity contribution in [1.29, 1.82) is 0 Å². The molecule has 7 nitrogen and oxygen atoms in total. The van der Waals surface area contributed by atoms with Crippen LogP contribution in [0.5, 0.6) is 0 Å². The second-order valence-corrected chi connectivity index (χ2v) is 8.68. The second kappa shape index (κ2) is 10.0. The van der Waals surface area contributed by atoms with Gasteiger partial charge in [0.2, 0.25) is 0 Å². The molecule has 2 N–H and O–H groups in total.